The Morgan fingerprint density at radius 1 is 1.24 bits per heavy atom. The monoisotopic (exact) mass is 256 g/mol. The molecule has 0 saturated carbocycles. The van der Waals surface area contributed by atoms with Crippen LogP contribution < -0.4 is 0 Å². The van der Waals surface area contributed by atoms with Gasteiger partial charge in [-0.15, -0.1) is 0 Å². The zero-order chi connectivity index (χ0) is 12.3. The second-order valence-corrected chi connectivity index (χ2v) is 5.03. The first-order valence-electron chi connectivity index (χ1n) is 5.17. The Kier molecular flexibility index (Phi) is 3.82. The fraction of sp³-hybridized carbons (Fsp3) is 0.400. The molecule has 7 heteroatoms. The highest BCUT2D eigenvalue weighted by Gasteiger charge is 2.18. The fourth-order valence-corrected chi connectivity index (χ4v) is 2.69. The maximum atomic E-state index is 12.1. The number of rotatable bonds is 3. The second-order valence-electron chi connectivity index (χ2n) is 3.54. The van der Waals surface area contributed by atoms with E-state index in [0.717, 1.165) is 0 Å². The number of hydrogen-bond donors (Lipinski definition) is 0. The first-order valence-corrected chi connectivity index (χ1v) is 6.28. The summed E-state index contributed by atoms with van der Waals surface area (Å²) < 4.78 is 19.1. The highest BCUT2D eigenvalue weighted by Crippen LogP contribution is 2.17. The number of morpholine rings is 1. The minimum atomic E-state index is -1.26. The smallest absolute Gasteiger partial charge is 0.269 e. The summed E-state index contributed by atoms with van der Waals surface area (Å²) >= 11 is 0. The molecule has 0 bridgehead atoms. The maximum absolute atomic E-state index is 12.1. The minimum absolute atomic E-state index is 0.00716. The van der Waals surface area contributed by atoms with Crippen molar-refractivity contribution in [1.29, 1.82) is 0 Å². The Balaban J connectivity index is 2.10. The van der Waals surface area contributed by atoms with Gasteiger partial charge < -0.3 is 4.74 Å². The lowest BCUT2D eigenvalue weighted by molar-refractivity contribution is -0.384. The molecule has 1 fully saturated rings. The minimum Gasteiger partial charge on any atom is -0.379 e. The molecule has 0 N–H and O–H groups in total. The van der Waals surface area contributed by atoms with Gasteiger partial charge in [0.25, 0.3) is 5.69 Å². The molecule has 0 radical (unpaired) electrons. The number of ether oxygens (including phenoxy) is 1. The Morgan fingerprint density at radius 2 is 1.82 bits per heavy atom. The molecule has 1 aliphatic heterocycles. The summed E-state index contributed by atoms with van der Waals surface area (Å²) in [5.41, 5.74) is 0.00716. The molecule has 1 heterocycles. The van der Waals surface area contributed by atoms with E-state index in [0.29, 0.717) is 31.2 Å². The normalized spacial score (nSPS) is 18.8. The van der Waals surface area contributed by atoms with E-state index in [4.69, 9.17) is 4.74 Å². The summed E-state index contributed by atoms with van der Waals surface area (Å²) in [6, 6.07) is 5.80. The summed E-state index contributed by atoms with van der Waals surface area (Å²) in [6.07, 6.45) is 0. The van der Waals surface area contributed by atoms with Gasteiger partial charge in [0, 0.05) is 25.2 Å². The molecule has 0 unspecified atom stereocenters. The average Bonchev–Trinajstić information content (AvgIpc) is 2.39. The van der Waals surface area contributed by atoms with E-state index >= 15 is 0 Å². The predicted octanol–water partition coefficient (Wildman–Crippen LogP) is 0.950. The lowest BCUT2D eigenvalue weighted by Gasteiger charge is -2.25. The summed E-state index contributed by atoms with van der Waals surface area (Å²) in [7, 11) is -1.26. The zero-order valence-corrected chi connectivity index (χ0v) is 9.89. The van der Waals surface area contributed by atoms with Gasteiger partial charge in [0.1, 0.15) is 11.0 Å². The topological polar surface area (TPSA) is 72.7 Å². The molecule has 0 aliphatic carbocycles. The number of nitro benzene ring substituents is 1. The molecular weight excluding hydrogens is 244 g/mol. The summed E-state index contributed by atoms with van der Waals surface area (Å²) in [6.45, 7) is 2.37. The first kappa shape index (κ1) is 12.2. The van der Waals surface area contributed by atoms with E-state index in [-0.39, 0.29) is 5.69 Å². The van der Waals surface area contributed by atoms with Crippen LogP contribution in [0.3, 0.4) is 0 Å². The van der Waals surface area contributed by atoms with Gasteiger partial charge in [0.05, 0.1) is 23.0 Å². The van der Waals surface area contributed by atoms with E-state index in [1.165, 1.54) is 24.3 Å². The predicted molar refractivity (Wildman–Crippen MR) is 61.9 cm³/mol. The largest absolute Gasteiger partial charge is 0.379 e. The molecule has 1 aromatic rings. The van der Waals surface area contributed by atoms with Crippen molar-refractivity contribution in [1.82, 2.24) is 4.31 Å². The van der Waals surface area contributed by atoms with Gasteiger partial charge in [0.2, 0.25) is 0 Å². The average molecular weight is 256 g/mol. The Labute approximate surface area is 101 Å². The molecule has 0 amide bonds. The van der Waals surface area contributed by atoms with Crippen molar-refractivity contribution >= 4 is 16.7 Å². The molecular formula is C10H12N2O4S. The van der Waals surface area contributed by atoms with Gasteiger partial charge in [-0.3, -0.25) is 10.1 Å². The lowest BCUT2D eigenvalue weighted by atomic mass is 10.3. The first-order chi connectivity index (χ1) is 8.18. The van der Waals surface area contributed by atoms with E-state index in [9.17, 15) is 14.3 Å². The second kappa shape index (κ2) is 5.35. The van der Waals surface area contributed by atoms with Crippen molar-refractivity contribution in [2.75, 3.05) is 26.3 Å². The van der Waals surface area contributed by atoms with Crippen molar-refractivity contribution in [3.63, 3.8) is 0 Å². The van der Waals surface area contributed by atoms with Gasteiger partial charge in [-0.1, -0.05) is 0 Å². The number of nitrogens with zero attached hydrogens (tertiary/aromatic N) is 2. The number of non-ortho nitro benzene ring substituents is 1. The number of benzene rings is 1. The lowest BCUT2D eigenvalue weighted by Crippen LogP contribution is -2.37. The van der Waals surface area contributed by atoms with Crippen molar-refractivity contribution in [3.8, 4) is 0 Å². The highest BCUT2D eigenvalue weighted by molar-refractivity contribution is 7.82. The standard InChI is InChI=1S/C10H12N2O4S/c13-12(14)9-1-3-10(4-2-9)17(15)11-5-7-16-8-6-11/h1-4H,5-8H2/t17-/m0/s1. The SMILES string of the molecule is O=[N+]([O-])c1ccc([S@](=O)N2CCOCC2)cc1. The Morgan fingerprint density at radius 3 is 2.35 bits per heavy atom. The molecule has 1 saturated heterocycles. The van der Waals surface area contributed by atoms with Gasteiger partial charge in [-0.05, 0) is 12.1 Å². The molecule has 1 aliphatic rings. The summed E-state index contributed by atoms with van der Waals surface area (Å²) in [5, 5.41) is 10.5. The van der Waals surface area contributed by atoms with Crippen LogP contribution in [0.15, 0.2) is 29.2 Å². The van der Waals surface area contributed by atoms with Gasteiger partial charge >= 0.3 is 0 Å². The van der Waals surface area contributed by atoms with Gasteiger partial charge in [-0.25, -0.2) is 8.51 Å². The molecule has 2 rings (SSSR count). The van der Waals surface area contributed by atoms with E-state index in [2.05, 4.69) is 0 Å². The molecule has 6 nitrogen and oxygen atoms in total. The highest BCUT2D eigenvalue weighted by atomic mass is 32.2. The quantitative estimate of drug-likeness (QED) is 0.596. The van der Waals surface area contributed by atoms with Crippen molar-refractivity contribution < 1.29 is 13.9 Å². The van der Waals surface area contributed by atoms with Crippen LogP contribution in [0.2, 0.25) is 0 Å². The van der Waals surface area contributed by atoms with Crippen LogP contribution in [0.1, 0.15) is 0 Å². The molecule has 1 aromatic carbocycles. The maximum Gasteiger partial charge on any atom is 0.269 e. The van der Waals surface area contributed by atoms with Crippen LogP contribution in [0.25, 0.3) is 0 Å². The van der Waals surface area contributed by atoms with E-state index < -0.39 is 15.9 Å². The molecule has 92 valence electrons. The van der Waals surface area contributed by atoms with Gasteiger partial charge in [0.15, 0.2) is 0 Å². The fourth-order valence-electron chi connectivity index (χ4n) is 1.55. The number of nitro groups is 1. The third kappa shape index (κ3) is 2.87. The van der Waals surface area contributed by atoms with Gasteiger partial charge in [-0.2, -0.15) is 0 Å². The summed E-state index contributed by atoms with van der Waals surface area (Å²) in [5.74, 6) is 0. The van der Waals surface area contributed by atoms with E-state index in [1.807, 2.05) is 0 Å². The summed E-state index contributed by atoms with van der Waals surface area (Å²) in [4.78, 5) is 10.6. The van der Waals surface area contributed by atoms with Crippen LogP contribution in [-0.4, -0.2) is 39.7 Å². The number of hydrogen-bond acceptors (Lipinski definition) is 4. The van der Waals surface area contributed by atoms with Crippen LogP contribution in [0, 0.1) is 10.1 Å². The van der Waals surface area contributed by atoms with Crippen molar-refractivity contribution in [2.45, 2.75) is 4.90 Å². The van der Waals surface area contributed by atoms with Crippen LogP contribution in [-0.2, 0) is 15.7 Å². The Hall–Kier alpha value is -1.31. The van der Waals surface area contributed by atoms with Crippen molar-refractivity contribution in [2.24, 2.45) is 0 Å². The van der Waals surface area contributed by atoms with Crippen LogP contribution in [0.5, 0.6) is 0 Å². The van der Waals surface area contributed by atoms with Crippen LogP contribution >= 0.6 is 0 Å². The Bertz CT molecular complexity index is 428. The molecule has 17 heavy (non-hydrogen) atoms. The molecule has 0 aromatic heterocycles. The third-order valence-corrected chi connectivity index (χ3v) is 3.96. The van der Waals surface area contributed by atoms with Crippen LogP contribution in [0.4, 0.5) is 5.69 Å². The zero-order valence-electron chi connectivity index (χ0n) is 9.07. The van der Waals surface area contributed by atoms with Crippen molar-refractivity contribution in [3.05, 3.63) is 34.4 Å². The van der Waals surface area contributed by atoms with E-state index in [1.54, 1.807) is 4.31 Å². The third-order valence-electron chi connectivity index (χ3n) is 2.45. The molecule has 0 spiro atoms. The molecule has 1 atom stereocenters.